The number of alkyl halides is 3. The van der Waals surface area contributed by atoms with Gasteiger partial charge in [-0.05, 0) is 43.7 Å². The van der Waals surface area contributed by atoms with Gasteiger partial charge in [-0.15, -0.1) is 13.2 Å². The van der Waals surface area contributed by atoms with E-state index in [0.717, 1.165) is 38.2 Å². The zero-order chi connectivity index (χ0) is 14.6. The van der Waals surface area contributed by atoms with Crippen LogP contribution in [0.4, 0.5) is 18.9 Å². The number of halogens is 3. The fraction of sp³-hybridized carbons (Fsp3) is 0.571. The maximum absolute atomic E-state index is 12.0. The molecule has 1 fully saturated rings. The van der Waals surface area contributed by atoms with Gasteiger partial charge in [-0.25, -0.2) is 0 Å². The summed E-state index contributed by atoms with van der Waals surface area (Å²) in [5, 5.41) is 3.35. The molecule has 0 spiro atoms. The van der Waals surface area contributed by atoms with Crippen molar-refractivity contribution in [3.63, 3.8) is 0 Å². The number of nitrogens with one attached hydrogen (secondary N) is 1. The molecule has 0 aromatic heterocycles. The van der Waals surface area contributed by atoms with Crippen LogP contribution in [0.3, 0.4) is 0 Å². The molecular formula is C14H19F3N2O. The first-order valence-corrected chi connectivity index (χ1v) is 6.81. The summed E-state index contributed by atoms with van der Waals surface area (Å²) < 4.78 is 40.0. The van der Waals surface area contributed by atoms with Crippen molar-refractivity contribution in [1.29, 1.82) is 0 Å². The summed E-state index contributed by atoms with van der Waals surface area (Å²) in [6.45, 7) is 5.33. The summed E-state index contributed by atoms with van der Waals surface area (Å²) in [6, 6.07) is 6.28. The van der Waals surface area contributed by atoms with Gasteiger partial charge in [-0.2, -0.15) is 0 Å². The number of anilines is 1. The minimum atomic E-state index is -4.64. The van der Waals surface area contributed by atoms with Gasteiger partial charge < -0.3 is 15.0 Å². The minimum absolute atomic E-state index is 0.191. The molecule has 0 unspecified atom stereocenters. The molecule has 1 heterocycles. The molecule has 2 rings (SSSR count). The summed E-state index contributed by atoms with van der Waals surface area (Å²) in [5.41, 5.74) is 0.828. The maximum atomic E-state index is 12.0. The highest BCUT2D eigenvalue weighted by Crippen LogP contribution is 2.25. The fourth-order valence-corrected chi connectivity index (χ4v) is 2.38. The molecular weight excluding hydrogens is 269 g/mol. The first-order chi connectivity index (χ1) is 9.46. The monoisotopic (exact) mass is 288 g/mol. The van der Waals surface area contributed by atoms with Crippen molar-refractivity contribution in [3.8, 4) is 5.75 Å². The Hall–Kier alpha value is -1.43. The lowest BCUT2D eigenvalue weighted by Gasteiger charge is -2.32. The third-order valence-electron chi connectivity index (χ3n) is 3.49. The van der Waals surface area contributed by atoms with Gasteiger partial charge in [0.2, 0.25) is 0 Å². The number of rotatable bonds is 4. The Bertz CT molecular complexity index is 411. The molecule has 1 aliphatic heterocycles. The van der Waals surface area contributed by atoms with E-state index in [2.05, 4.69) is 21.9 Å². The largest absolute Gasteiger partial charge is 0.573 e. The average Bonchev–Trinajstić information content (AvgIpc) is 2.40. The lowest BCUT2D eigenvalue weighted by molar-refractivity contribution is -0.274. The number of likely N-dealkylation sites (tertiary alicyclic amines) is 1. The molecule has 1 saturated heterocycles. The van der Waals surface area contributed by atoms with E-state index >= 15 is 0 Å². The average molecular weight is 288 g/mol. The van der Waals surface area contributed by atoms with Gasteiger partial charge in [0.05, 0.1) is 0 Å². The lowest BCUT2D eigenvalue weighted by Crippen LogP contribution is -2.38. The normalized spacial score (nSPS) is 18.0. The van der Waals surface area contributed by atoms with Crippen molar-refractivity contribution in [2.24, 2.45) is 0 Å². The summed E-state index contributed by atoms with van der Waals surface area (Å²) >= 11 is 0. The third kappa shape index (κ3) is 4.59. The van der Waals surface area contributed by atoms with Gasteiger partial charge in [-0.1, -0.05) is 6.92 Å². The Labute approximate surface area is 116 Å². The summed E-state index contributed by atoms with van der Waals surface area (Å²) in [4.78, 5) is 2.39. The summed E-state index contributed by atoms with van der Waals surface area (Å²) in [5.74, 6) is -0.191. The first kappa shape index (κ1) is 15.0. The van der Waals surface area contributed by atoms with E-state index in [0.29, 0.717) is 6.04 Å². The van der Waals surface area contributed by atoms with Crippen LogP contribution in [-0.2, 0) is 0 Å². The Morgan fingerprint density at radius 2 is 1.80 bits per heavy atom. The SMILES string of the molecule is CCN1CCC(Nc2ccc(OC(F)(F)F)cc2)CC1. The predicted molar refractivity (Wildman–Crippen MR) is 71.9 cm³/mol. The first-order valence-electron chi connectivity index (χ1n) is 6.81. The van der Waals surface area contributed by atoms with Gasteiger partial charge in [0, 0.05) is 24.8 Å². The Morgan fingerprint density at radius 1 is 1.20 bits per heavy atom. The molecule has 1 N–H and O–H groups in total. The topological polar surface area (TPSA) is 24.5 Å². The van der Waals surface area contributed by atoms with E-state index in [9.17, 15) is 13.2 Å². The van der Waals surface area contributed by atoms with Crippen LogP contribution in [0, 0.1) is 0 Å². The van der Waals surface area contributed by atoms with Crippen molar-refractivity contribution < 1.29 is 17.9 Å². The highest BCUT2D eigenvalue weighted by Gasteiger charge is 2.31. The second-order valence-corrected chi connectivity index (χ2v) is 4.93. The highest BCUT2D eigenvalue weighted by atomic mass is 19.4. The van der Waals surface area contributed by atoms with Crippen LogP contribution in [0.5, 0.6) is 5.75 Å². The molecule has 112 valence electrons. The lowest BCUT2D eigenvalue weighted by atomic mass is 10.0. The van der Waals surface area contributed by atoms with Crippen molar-refractivity contribution in [3.05, 3.63) is 24.3 Å². The third-order valence-corrected chi connectivity index (χ3v) is 3.49. The van der Waals surface area contributed by atoms with Crippen molar-refractivity contribution in [2.45, 2.75) is 32.2 Å². The standard InChI is InChI=1S/C14H19F3N2O/c1-2-19-9-7-12(8-10-19)18-11-3-5-13(6-4-11)20-14(15,16)17/h3-6,12,18H,2,7-10H2,1H3. The van der Waals surface area contributed by atoms with E-state index in [1.165, 1.54) is 12.1 Å². The van der Waals surface area contributed by atoms with Crippen LogP contribution in [0.15, 0.2) is 24.3 Å². The van der Waals surface area contributed by atoms with E-state index in [-0.39, 0.29) is 5.75 Å². The van der Waals surface area contributed by atoms with Crippen LogP contribution >= 0.6 is 0 Å². The zero-order valence-corrected chi connectivity index (χ0v) is 11.4. The number of hydrogen-bond donors (Lipinski definition) is 1. The molecule has 0 saturated carbocycles. The second kappa shape index (κ2) is 6.35. The molecule has 1 aliphatic rings. The predicted octanol–water partition coefficient (Wildman–Crippen LogP) is 3.48. The van der Waals surface area contributed by atoms with Gasteiger partial charge in [-0.3, -0.25) is 0 Å². The zero-order valence-electron chi connectivity index (χ0n) is 11.4. The molecule has 0 aliphatic carbocycles. The van der Waals surface area contributed by atoms with Gasteiger partial charge in [0.1, 0.15) is 5.75 Å². The Balaban J connectivity index is 1.85. The molecule has 3 nitrogen and oxygen atoms in total. The number of ether oxygens (including phenoxy) is 1. The molecule has 20 heavy (non-hydrogen) atoms. The molecule has 0 bridgehead atoms. The molecule has 6 heteroatoms. The van der Waals surface area contributed by atoms with E-state index < -0.39 is 6.36 Å². The molecule has 1 aromatic carbocycles. The molecule has 0 amide bonds. The van der Waals surface area contributed by atoms with Gasteiger partial charge in [0.25, 0.3) is 0 Å². The molecule has 1 aromatic rings. The molecule has 0 radical (unpaired) electrons. The number of hydrogen-bond acceptors (Lipinski definition) is 3. The molecule has 0 atom stereocenters. The van der Waals surface area contributed by atoms with E-state index in [4.69, 9.17) is 0 Å². The quantitative estimate of drug-likeness (QED) is 0.918. The number of piperidine rings is 1. The van der Waals surface area contributed by atoms with Crippen LogP contribution in [0.25, 0.3) is 0 Å². The Morgan fingerprint density at radius 3 is 2.30 bits per heavy atom. The minimum Gasteiger partial charge on any atom is -0.406 e. The summed E-state index contributed by atoms with van der Waals surface area (Å²) in [7, 11) is 0. The second-order valence-electron chi connectivity index (χ2n) is 4.93. The number of benzene rings is 1. The Kier molecular flexibility index (Phi) is 4.75. The van der Waals surface area contributed by atoms with Crippen molar-refractivity contribution >= 4 is 5.69 Å². The van der Waals surface area contributed by atoms with E-state index in [1.54, 1.807) is 12.1 Å². The van der Waals surface area contributed by atoms with Crippen LogP contribution in [0.2, 0.25) is 0 Å². The van der Waals surface area contributed by atoms with E-state index in [1.807, 2.05) is 0 Å². The smallest absolute Gasteiger partial charge is 0.406 e. The van der Waals surface area contributed by atoms with Crippen LogP contribution in [0.1, 0.15) is 19.8 Å². The van der Waals surface area contributed by atoms with Crippen molar-refractivity contribution in [1.82, 2.24) is 4.90 Å². The van der Waals surface area contributed by atoms with Crippen LogP contribution < -0.4 is 10.1 Å². The highest BCUT2D eigenvalue weighted by molar-refractivity contribution is 5.47. The van der Waals surface area contributed by atoms with Crippen molar-refractivity contribution in [2.75, 3.05) is 25.0 Å². The number of nitrogens with zero attached hydrogens (tertiary/aromatic N) is 1. The van der Waals surface area contributed by atoms with Crippen LogP contribution in [-0.4, -0.2) is 36.9 Å². The fourth-order valence-electron chi connectivity index (χ4n) is 2.38. The summed E-state index contributed by atoms with van der Waals surface area (Å²) in [6.07, 6.45) is -2.54. The van der Waals surface area contributed by atoms with Gasteiger partial charge in [0.15, 0.2) is 0 Å². The maximum Gasteiger partial charge on any atom is 0.573 e. The van der Waals surface area contributed by atoms with Gasteiger partial charge >= 0.3 is 6.36 Å².